The van der Waals surface area contributed by atoms with Crippen LogP contribution in [0.2, 0.25) is 0 Å². The van der Waals surface area contributed by atoms with Gasteiger partial charge in [-0.25, -0.2) is 4.63 Å². The molecule has 0 unspecified atom stereocenters. The molecule has 21 heavy (non-hydrogen) atoms. The molecule has 1 heterocycles. The van der Waals surface area contributed by atoms with Gasteiger partial charge in [0.2, 0.25) is 5.91 Å². The largest absolute Gasteiger partial charge is 0.396 e. The molecule has 0 aliphatic carbocycles. The van der Waals surface area contributed by atoms with Crippen molar-refractivity contribution in [2.75, 3.05) is 20.3 Å². The van der Waals surface area contributed by atoms with Crippen LogP contribution in [0.25, 0.3) is 11.0 Å². The highest BCUT2D eigenvalue weighted by Gasteiger charge is 2.19. The molecule has 0 fully saturated rings. The number of aliphatic hydroxyl groups is 2. The average Bonchev–Trinajstić information content (AvgIpc) is 2.93. The van der Waals surface area contributed by atoms with Crippen LogP contribution in [0.5, 0.6) is 0 Å². The van der Waals surface area contributed by atoms with Gasteiger partial charge >= 0.3 is 0 Å². The Morgan fingerprint density at radius 1 is 1.24 bits per heavy atom. The van der Waals surface area contributed by atoms with Gasteiger partial charge < -0.3 is 15.1 Å². The fourth-order valence-corrected chi connectivity index (χ4v) is 2.27. The Hall–Kier alpha value is -1.99. The van der Waals surface area contributed by atoms with Gasteiger partial charge in [0, 0.05) is 26.3 Å². The van der Waals surface area contributed by atoms with Crippen LogP contribution in [0.3, 0.4) is 0 Å². The molecule has 114 valence electrons. The highest BCUT2D eigenvalue weighted by atomic mass is 16.6. The zero-order chi connectivity index (χ0) is 15.2. The van der Waals surface area contributed by atoms with Crippen LogP contribution in [0, 0.1) is 0 Å². The van der Waals surface area contributed by atoms with E-state index in [1.54, 1.807) is 24.1 Å². The van der Waals surface area contributed by atoms with E-state index in [9.17, 15) is 4.79 Å². The lowest BCUT2D eigenvalue weighted by atomic mass is 10.1. The Bertz CT molecular complexity index is 593. The SMILES string of the molecule is CN(C(=O)Cc1ccc2nonc2c1)C(CCO)CCO. The lowest BCUT2D eigenvalue weighted by Gasteiger charge is -2.27. The lowest BCUT2D eigenvalue weighted by molar-refractivity contribution is -0.131. The zero-order valence-electron chi connectivity index (χ0n) is 11.9. The van der Waals surface area contributed by atoms with Gasteiger partial charge in [-0.15, -0.1) is 0 Å². The highest BCUT2D eigenvalue weighted by Crippen LogP contribution is 2.14. The molecule has 0 aliphatic rings. The van der Waals surface area contributed by atoms with Crippen LogP contribution >= 0.6 is 0 Å². The first-order valence-corrected chi connectivity index (χ1v) is 6.84. The van der Waals surface area contributed by atoms with Crippen molar-refractivity contribution in [1.29, 1.82) is 0 Å². The summed E-state index contributed by atoms with van der Waals surface area (Å²) in [5.41, 5.74) is 2.09. The molecule has 7 nitrogen and oxygen atoms in total. The van der Waals surface area contributed by atoms with Gasteiger partial charge in [-0.1, -0.05) is 6.07 Å². The second kappa shape index (κ2) is 7.14. The molecule has 1 aromatic heterocycles. The minimum absolute atomic E-state index is 0.0150. The number of fused-ring (bicyclic) bond motifs is 1. The summed E-state index contributed by atoms with van der Waals surface area (Å²) in [7, 11) is 1.69. The molecule has 0 saturated carbocycles. The summed E-state index contributed by atoms with van der Waals surface area (Å²) in [6, 6.07) is 5.17. The first-order chi connectivity index (χ1) is 10.2. The fourth-order valence-electron chi connectivity index (χ4n) is 2.27. The standard InChI is InChI=1S/C14H19N3O4/c1-17(11(4-6-18)5-7-19)14(20)9-10-2-3-12-13(8-10)16-21-15-12/h2-3,8,11,18-19H,4-7,9H2,1H3. The van der Waals surface area contributed by atoms with Crippen LogP contribution in [0.15, 0.2) is 22.8 Å². The monoisotopic (exact) mass is 293 g/mol. The average molecular weight is 293 g/mol. The number of hydrogen-bond acceptors (Lipinski definition) is 6. The third-order valence-electron chi connectivity index (χ3n) is 3.54. The van der Waals surface area contributed by atoms with Crippen molar-refractivity contribution in [2.45, 2.75) is 25.3 Å². The first-order valence-electron chi connectivity index (χ1n) is 6.84. The second-order valence-corrected chi connectivity index (χ2v) is 4.95. The van der Waals surface area contributed by atoms with E-state index in [2.05, 4.69) is 14.9 Å². The van der Waals surface area contributed by atoms with E-state index in [1.165, 1.54) is 0 Å². The summed E-state index contributed by atoms with van der Waals surface area (Å²) in [6.45, 7) is -0.0301. The first kappa shape index (κ1) is 15.4. The zero-order valence-corrected chi connectivity index (χ0v) is 11.9. The maximum Gasteiger partial charge on any atom is 0.226 e. The summed E-state index contributed by atoms with van der Waals surface area (Å²) >= 11 is 0. The van der Waals surface area contributed by atoms with Crippen LogP contribution < -0.4 is 0 Å². The highest BCUT2D eigenvalue weighted by molar-refractivity contribution is 5.81. The summed E-state index contributed by atoms with van der Waals surface area (Å²) in [4.78, 5) is 13.9. The number of benzene rings is 1. The Labute approximate surface area is 122 Å². The van der Waals surface area contributed by atoms with Gasteiger partial charge in [0.25, 0.3) is 0 Å². The fraction of sp³-hybridized carbons (Fsp3) is 0.500. The molecule has 0 atom stereocenters. The summed E-state index contributed by atoms with van der Waals surface area (Å²) in [5, 5.41) is 25.5. The van der Waals surface area contributed by atoms with Crippen molar-refractivity contribution < 1.29 is 19.6 Å². The van der Waals surface area contributed by atoms with Crippen molar-refractivity contribution in [1.82, 2.24) is 15.2 Å². The van der Waals surface area contributed by atoms with E-state index >= 15 is 0 Å². The van der Waals surface area contributed by atoms with Crippen LogP contribution in [0.4, 0.5) is 0 Å². The van der Waals surface area contributed by atoms with Gasteiger partial charge in [0.1, 0.15) is 11.0 Å². The molecule has 0 radical (unpaired) electrons. The van der Waals surface area contributed by atoms with Crippen LogP contribution in [0.1, 0.15) is 18.4 Å². The normalized spacial score (nSPS) is 11.2. The third kappa shape index (κ3) is 3.77. The van der Waals surface area contributed by atoms with E-state index in [0.29, 0.717) is 23.9 Å². The van der Waals surface area contributed by atoms with E-state index in [1.807, 2.05) is 6.07 Å². The molecular weight excluding hydrogens is 274 g/mol. The minimum atomic E-state index is -0.162. The van der Waals surface area contributed by atoms with Gasteiger partial charge in [-0.05, 0) is 40.9 Å². The predicted octanol–water partition coefficient (Wildman–Crippen LogP) is 0.357. The van der Waals surface area contributed by atoms with Gasteiger partial charge in [-0.2, -0.15) is 0 Å². The second-order valence-electron chi connectivity index (χ2n) is 4.95. The molecule has 2 rings (SSSR count). The Morgan fingerprint density at radius 3 is 2.57 bits per heavy atom. The minimum Gasteiger partial charge on any atom is -0.396 e. The summed E-state index contributed by atoms with van der Waals surface area (Å²) in [6.07, 6.45) is 1.14. The number of aromatic nitrogens is 2. The van der Waals surface area contributed by atoms with E-state index in [0.717, 1.165) is 5.56 Å². The quantitative estimate of drug-likeness (QED) is 0.764. The summed E-state index contributed by atoms with van der Waals surface area (Å²) < 4.78 is 4.62. The smallest absolute Gasteiger partial charge is 0.226 e. The molecule has 0 spiro atoms. The molecule has 0 aliphatic heterocycles. The molecular formula is C14H19N3O4. The van der Waals surface area contributed by atoms with Gasteiger partial charge in [0.05, 0.1) is 6.42 Å². The maximum absolute atomic E-state index is 12.3. The lowest BCUT2D eigenvalue weighted by Crippen LogP contribution is -2.39. The molecule has 1 amide bonds. The number of carbonyl (C=O) groups excluding carboxylic acids is 1. The van der Waals surface area contributed by atoms with Crippen molar-refractivity contribution in [3.8, 4) is 0 Å². The van der Waals surface area contributed by atoms with Crippen molar-refractivity contribution >= 4 is 16.9 Å². The number of amides is 1. The number of rotatable bonds is 7. The van der Waals surface area contributed by atoms with Crippen molar-refractivity contribution in [3.05, 3.63) is 23.8 Å². The Balaban J connectivity index is 2.04. The van der Waals surface area contributed by atoms with Crippen molar-refractivity contribution in [3.63, 3.8) is 0 Å². The van der Waals surface area contributed by atoms with E-state index < -0.39 is 0 Å². The van der Waals surface area contributed by atoms with Gasteiger partial charge in [0.15, 0.2) is 0 Å². The van der Waals surface area contributed by atoms with Gasteiger partial charge in [-0.3, -0.25) is 4.79 Å². The van der Waals surface area contributed by atoms with E-state index in [4.69, 9.17) is 10.2 Å². The Kier molecular flexibility index (Phi) is 5.24. The number of carbonyl (C=O) groups is 1. The number of nitrogens with zero attached hydrogens (tertiary/aromatic N) is 3. The molecule has 2 aromatic rings. The molecule has 0 bridgehead atoms. The molecule has 0 saturated heterocycles. The summed E-state index contributed by atoms with van der Waals surface area (Å²) in [5.74, 6) is -0.0716. The number of hydrogen-bond donors (Lipinski definition) is 2. The van der Waals surface area contributed by atoms with Crippen LogP contribution in [-0.2, 0) is 11.2 Å². The predicted molar refractivity (Wildman–Crippen MR) is 75.5 cm³/mol. The number of aliphatic hydroxyl groups excluding tert-OH is 2. The number of likely N-dealkylation sites (N-methyl/N-ethyl adjacent to an activating group) is 1. The Morgan fingerprint density at radius 2 is 1.90 bits per heavy atom. The molecule has 1 aromatic carbocycles. The van der Waals surface area contributed by atoms with E-state index in [-0.39, 0.29) is 31.6 Å². The van der Waals surface area contributed by atoms with Crippen molar-refractivity contribution in [2.24, 2.45) is 0 Å². The molecule has 2 N–H and O–H groups in total. The molecule has 7 heteroatoms. The third-order valence-corrected chi connectivity index (χ3v) is 3.54. The maximum atomic E-state index is 12.3. The van der Waals surface area contributed by atoms with Crippen LogP contribution in [-0.4, -0.2) is 57.6 Å². The topological polar surface area (TPSA) is 99.7 Å².